The van der Waals surface area contributed by atoms with E-state index in [1.165, 1.54) is 12.1 Å². The van der Waals surface area contributed by atoms with Crippen molar-refractivity contribution in [2.45, 2.75) is 56.1 Å². The molecule has 4 aliphatic heterocycles. The predicted molar refractivity (Wildman–Crippen MR) is 172 cm³/mol. The fourth-order valence-electron chi connectivity index (χ4n) is 8.41. The molecule has 4 aliphatic rings. The maximum absolute atomic E-state index is 16.8. The minimum Gasteiger partial charge on any atom is -0.461 e. The third kappa shape index (κ3) is 4.43. The molecule has 4 fully saturated rings. The smallest absolute Gasteiger partial charge is 0.319 e. The zero-order valence-electron chi connectivity index (χ0n) is 25.5. The van der Waals surface area contributed by atoms with Gasteiger partial charge < -0.3 is 14.5 Å². The minimum absolute atomic E-state index is 0.00657. The van der Waals surface area contributed by atoms with Crippen molar-refractivity contribution in [3.05, 3.63) is 66.4 Å². The number of nitrogens with zero attached hydrogens (tertiary/aromatic N) is 6. The monoisotopic (exact) mass is 620 g/mol. The molecule has 46 heavy (non-hydrogen) atoms. The van der Waals surface area contributed by atoms with Crippen LogP contribution in [0.25, 0.3) is 32.9 Å². The van der Waals surface area contributed by atoms with E-state index in [2.05, 4.69) is 32.3 Å². The largest absolute Gasteiger partial charge is 0.461 e. The number of benzene rings is 2. The van der Waals surface area contributed by atoms with E-state index in [-0.39, 0.29) is 46.3 Å². The Balaban J connectivity index is 1.25. The molecular formula is C36H34F2N6O2. The Kier molecular flexibility index (Phi) is 6.91. The normalized spacial score (nSPS) is 21.9. The number of anilines is 1. The van der Waals surface area contributed by atoms with E-state index in [1.807, 2.05) is 11.0 Å². The first kappa shape index (κ1) is 28.8. The molecule has 2 atom stereocenters. The first-order valence-corrected chi connectivity index (χ1v) is 16.0. The summed E-state index contributed by atoms with van der Waals surface area (Å²) in [6, 6.07) is 8.32. The van der Waals surface area contributed by atoms with E-state index >= 15 is 4.39 Å². The van der Waals surface area contributed by atoms with Gasteiger partial charge in [-0.1, -0.05) is 36.8 Å². The lowest BCUT2D eigenvalue weighted by Crippen LogP contribution is -2.55. The summed E-state index contributed by atoms with van der Waals surface area (Å²) in [5, 5.41) is 1.55. The molecule has 0 aliphatic carbocycles. The number of aromatic nitrogens is 3. The molecule has 0 spiro atoms. The minimum atomic E-state index is -0.657. The van der Waals surface area contributed by atoms with E-state index in [4.69, 9.17) is 16.1 Å². The van der Waals surface area contributed by atoms with E-state index in [1.54, 1.807) is 24.4 Å². The van der Waals surface area contributed by atoms with Gasteiger partial charge in [0.1, 0.15) is 29.5 Å². The van der Waals surface area contributed by atoms with Crippen LogP contribution in [0.5, 0.6) is 6.01 Å². The maximum atomic E-state index is 16.8. The van der Waals surface area contributed by atoms with Crippen LogP contribution >= 0.6 is 0 Å². The second-order valence-corrected chi connectivity index (χ2v) is 12.9. The molecule has 8 rings (SSSR count). The quantitative estimate of drug-likeness (QED) is 0.209. The maximum Gasteiger partial charge on any atom is 0.319 e. The highest BCUT2D eigenvalue weighted by atomic mass is 19.1. The molecule has 6 heterocycles. The van der Waals surface area contributed by atoms with Crippen molar-refractivity contribution in [1.82, 2.24) is 24.8 Å². The van der Waals surface area contributed by atoms with E-state index in [0.717, 1.165) is 51.6 Å². The van der Waals surface area contributed by atoms with Gasteiger partial charge in [-0.05, 0) is 69.1 Å². The first-order valence-electron chi connectivity index (χ1n) is 16.0. The number of fused-ring (bicyclic) bond motifs is 5. The molecule has 0 saturated carbocycles. The summed E-state index contributed by atoms with van der Waals surface area (Å²) in [6.07, 6.45) is 14.8. The van der Waals surface area contributed by atoms with Gasteiger partial charge in [-0.15, -0.1) is 6.42 Å². The van der Waals surface area contributed by atoms with Crippen molar-refractivity contribution in [3.8, 4) is 29.6 Å². The Morgan fingerprint density at radius 3 is 2.59 bits per heavy atom. The van der Waals surface area contributed by atoms with Crippen LogP contribution in [0, 0.1) is 24.0 Å². The molecule has 2 aromatic heterocycles. The lowest BCUT2D eigenvalue weighted by atomic mass is 9.95. The van der Waals surface area contributed by atoms with Crippen molar-refractivity contribution in [1.29, 1.82) is 0 Å². The summed E-state index contributed by atoms with van der Waals surface area (Å²) in [5.41, 5.74) is 0.488. The molecular weight excluding hydrogens is 586 g/mol. The van der Waals surface area contributed by atoms with Crippen LogP contribution in [0.4, 0.5) is 14.6 Å². The molecule has 0 unspecified atom stereocenters. The number of pyridine rings is 1. The van der Waals surface area contributed by atoms with Gasteiger partial charge in [-0.25, -0.2) is 8.78 Å². The number of amides is 1. The molecule has 2 bridgehead atoms. The molecule has 234 valence electrons. The standard InChI is InChI=1S/C36H34F2N6O2/c1-3-25-28(37)13-10-22-8-5-9-26(30(22)25)32-31(38)33-27(18-39-32)34(42-19-23-11-12-24(20-42)44(23)29(45)4-2)41-35(40-33)46-21-36-14-6-16-43(36)17-7-15-36/h1,4-5,8-10,13,18,23-24H,2,6-7,11-12,14-17,19-21H2/t23-,24+. The van der Waals surface area contributed by atoms with Crippen LogP contribution in [0.15, 0.2) is 49.2 Å². The van der Waals surface area contributed by atoms with Gasteiger partial charge in [-0.3, -0.25) is 14.7 Å². The molecule has 0 radical (unpaired) electrons. The lowest BCUT2D eigenvalue weighted by molar-refractivity contribution is -0.129. The van der Waals surface area contributed by atoms with Gasteiger partial charge in [-0.2, -0.15) is 9.97 Å². The van der Waals surface area contributed by atoms with Crippen LogP contribution in [0.1, 0.15) is 44.1 Å². The Morgan fingerprint density at radius 1 is 1.11 bits per heavy atom. The summed E-state index contributed by atoms with van der Waals surface area (Å²) >= 11 is 0. The van der Waals surface area contributed by atoms with Crippen LogP contribution in [0.2, 0.25) is 0 Å². The summed E-state index contributed by atoms with van der Waals surface area (Å²) in [4.78, 5) is 33.3. The van der Waals surface area contributed by atoms with Crippen molar-refractivity contribution < 1.29 is 18.3 Å². The summed E-state index contributed by atoms with van der Waals surface area (Å²) < 4.78 is 38.0. The van der Waals surface area contributed by atoms with Gasteiger partial charge >= 0.3 is 6.01 Å². The predicted octanol–water partition coefficient (Wildman–Crippen LogP) is 5.48. The summed E-state index contributed by atoms with van der Waals surface area (Å²) in [6.45, 7) is 7.30. The summed E-state index contributed by atoms with van der Waals surface area (Å²) in [5.74, 6) is 1.68. The van der Waals surface area contributed by atoms with Crippen molar-refractivity contribution >= 4 is 33.4 Å². The number of halogens is 2. The second-order valence-electron chi connectivity index (χ2n) is 12.9. The average molecular weight is 621 g/mol. The molecule has 0 N–H and O–H groups in total. The number of terminal acetylenes is 1. The van der Waals surface area contributed by atoms with E-state index < -0.39 is 11.6 Å². The van der Waals surface area contributed by atoms with Crippen molar-refractivity contribution in [2.24, 2.45) is 0 Å². The summed E-state index contributed by atoms with van der Waals surface area (Å²) in [7, 11) is 0. The Labute approximate surface area is 266 Å². The first-order chi connectivity index (χ1) is 22.4. The zero-order chi connectivity index (χ0) is 31.6. The van der Waals surface area contributed by atoms with Gasteiger partial charge in [0.2, 0.25) is 5.91 Å². The molecule has 4 aromatic rings. The fourth-order valence-corrected chi connectivity index (χ4v) is 8.41. The fraction of sp³-hybridized carbons (Fsp3) is 0.389. The van der Waals surface area contributed by atoms with Gasteiger partial charge in [0.05, 0.1) is 16.5 Å². The lowest BCUT2D eigenvalue weighted by Gasteiger charge is -2.41. The number of carbonyl (C=O) groups excluding carboxylic acids is 1. The Bertz CT molecular complexity index is 1930. The number of piperazine rings is 1. The number of ether oxygens (including phenoxy) is 1. The van der Waals surface area contributed by atoms with Gasteiger partial charge in [0.15, 0.2) is 5.82 Å². The van der Waals surface area contributed by atoms with Crippen LogP contribution < -0.4 is 9.64 Å². The van der Waals surface area contributed by atoms with Crippen molar-refractivity contribution in [2.75, 3.05) is 37.7 Å². The van der Waals surface area contributed by atoms with E-state index in [0.29, 0.717) is 47.2 Å². The van der Waals surface area contributed by atoms with E-state index in [9.17, 15) is 9.18 Å². The topological polar surface area (TPSA) is 74.7 Å². The molecule has 2 aromatic carbocycles. The highest BCUT2D eigenvalue weighted by Gasteiger charge is 2.45. The van der Waals surface area contributed by atoms with Crippen molar-refractivity contribution in [3.63, 3.8) is 0 Å². The number of rotatable bonds is 6. The molecule has 1 amide bonds. The molecule has 8 nitrogen and oxygen atoms in total. The van der Waals surface area contributed by atoms with Gasteiger partial charge in [0, 0.05) is 42.3 Å². The third-order valence-electron chi connectivity index (χ3n) is 10.5. The Morgan fingerprint density at radius 2 is 1.87 bits per heavy atom. The average Bonchev–Trinajstić information content (AvgIpc) is 3.73. The zero-order valence-corrected chi connectivity index (χ0v) is 25.5. The molecule has 4 saturated heterocycles. The van der Waals surface area contributed by atoms with Crippen LogP contribution in [-0.2, 0) is 4.79 Å². The second kappa shape index (κ2) is 11.0. The number of hydrogen-bond acceptors (Lipinski definition) is 7. The number of carbonyl (C=O) groups is 1. The highest BCUT2D eigenvalue weighted by Crippen LogP contribution is 2.41. The highest BCUT2D eigenvalue weighted by molar-refractivity contribution is 6.02. The third-order valence-corrected chi connectivity index (χ3v) is 10.5. The SMILES string of the molecule is C#Cc1c(F)ccc2cccc(-c3ncc4c(N5C[C@H]6CC[C@@H](C5)N6C(=O)C=C)nc(OCC56CCCN5CCC6)nc4c3F)c12. The van der Waals surface area contributed by atoms with Gasteiger partial charge in [0.25, 0.3) is 0 Å². The Hall–Kier alpha value is -4.62. The van der Waals surface area contributed by atoms with Crippen LogP contribution in [-0.4, -0.2) is 81.1 Å². The number of hydrogen-bond donors (Lipinski definition) is 0. The molecule has 10 heteroatoms. The van der Waals surface area contributed by atoms with Crippen LogP contribution in [0.3, 0.4) is 0 Å².